The Kier molecular flexibility index (Phi) is 7.92. The van der Waals surface area contributed by atoms with Crippen LogP contribution in [-0.2, 0) is 17.6 Å². The predicted octanol–water partition coefficient (Wildman–Crippen LogP) is 7.68. The number of thioether (sulfide) groups is 1. The minimum Gasteiger partial charge on any atom is -0.472 e. The Balaban J connectivity index is 1.62. The maximum atomic E-state index is 14.4. The third-order valence-electron chi connectivity index (χ3n) is 5.61. The Morgan fingerprint density at radius 1 is 1.00 bits per heavy atom. The predicted molar refractivity (Wildman–Crippen MR) is 139 cm³/mol. The lowest BCUT2D eigenvalue weighted by atomic mass is 10.0. The van der Waals surface area contributed by atoms with Crippen molar-refractivity contribution in [2.75, 3.05) is 13.1 Å². The van der Waals surface area contributed by atoms with Crippen LogP contribution >= 0.6 is 23.4 Å². The van der Waals surface area contributed by atoms with Gasteiger partial charge in [-0.15, -0.1) is 0 Å². The lowest BCUT2D eigenvalue weighted by Gasteiger charge is -2.26. The molecule has 0 fully saturated rings. The molecule has 0 saturated heterocycles. The van der Waals surface area contributed by atoms with Crippen molar-refractivity contribution in [2.45, 2.75) is 49.5 Å². The molecule has 4 rings (SSSR count). The molecule has 1 amide bonds. The number of carbonyl (C=O) groups excluding carboxylic acids is 1. The average molecular weight is 514 g/mol. The zero-order chi connectivity index (χ0) is 25.0. The van der Waals surface area contributed by atoms with E-state index in [4.69, 9.17) is 21.1 Å². The quantitative estimate of drug-likeness (QED) is 0.259. The molecule has 1 atom stereocenters. The van der Waals surface area contributed by atoms with E-state index in [1.54, 1.807) is 23.1 Å². The molecule has 1 unspecified atom stereocenters. The van der Waals surface area contributed by atoms with Gasteiger partial charge in [0.2, 0.25) is 0 Å². The molecular weight excluding hydrogens is 485 g/mol. The molecule has 0 aromatic heterocycles. The molecule has 3 aromatic carbocycles. The number of benzene rings is 3. The fraction of sp³-hybridized carbons (Fsp3) is 0.321. The number of hydrogen-bond donors (Lipinski definition) is 0. The first-order chi connectivity index (χ1) is 16.7. The zero-order valence-electron chi connectivity index (χ0n) is 20.1. The van der Waals surface area contributed by atoms with Crippen LogP contribution in [0.1, 0.15) is 42.9 Å². The van der Waals surface area contributed by atoms with Crippen LogP contribution in [0.2, 0.25) is 5.02 Å². The van der Waals surface area contributed by atoms with Crippen molar-refractivity contribution in [3.63, 3.8) is 0 Å². The van der Waals surface area contributed by atoms with E-state index in [2.05, 4.69) is 0 Å². The van der Waals surface area contributed by atoms with Gasteiger partial charge in [-0.3, -0.25) is 0 Å². The van der Waals surface area contributed by atoms with Gasteiger partial charge in [-0.1, -0.05) is 71.9 Å². The molecule has 0 saturated carbocycles. The van der Waals surface area contributed by atoms with E-state index in [9.17, 15) is 9.18 Å². The van der Waals surface area contributed by atoms with Crippen LogP contribution in [0, 0.1) is 5.82 Å². The summed E-state index contributed by atoms with van der Waals surface area (Å²) in [5.41, 5.74) is 2.07. The van der Waals surface area contributed by atoms with Crippen molar-refractivity contribution in [3.8, 4) is 5.75 Å². The van der Waals surface area contributed by atoms with Crippen LogP contribution < -0.4 is 4.74 Å². The molecule has 0 radical (unpaired) electrons. The van der Waals surface area contributed by atoms with Gasteiger partial charge in [-0.05, 0) is 62.9 Å². The number of ether oxygens (including phenoxy) is 2. The Morgan fingerprint density at radius 2 is 1.69 bits per heavy atom. The minimum absolute atomic E-state index is 0.183. The van der Waals surface area contributed by atoms with Crippen LogP contribution in [-0.4, -0.2) is 29.7 Å². The van der Waals surface area contributed by atoms with Gasteiger partial charge < -0.3 is 14.4 Å². The van der Waals surface area contributed by atoms with Crippen molar-refractivity contribution < 1.29 is 18.7 Å². The Morgan fingerprint density at radius 3 is 2.40 bits per heavy atom. The van der Waals surface area contributed by atoms with E-state index in [-0.39, 0.29) is 11.8 Å². The summed E-state index contributed by atoms with van der Waals surface area (Å²) in [6.45, 7) is 6.70. The maximum absolute atomic E-state index is 14.4. The number of rotatable bonds is 5. The van der Waals surface area contributed by atoms with Gasteiger partial charge >= 0.3 is 6.09 Å². The monoisotopic (exact) mass is 513 g/mol. The number of para-hydroxylation sites is 1. The molecule has 0 aliphatic carbocycles. The molecule has 7 heteroatoms. The Labute approximate surface area is 215 Å². The average Bonchev–Trinajstić information content (AvgIpc) is 3.04. The molecule has 0 bridgehead atoms. The fourth-order valence-corrected chi connectivity index (χ4v) is 5.46. The Hall–Kier alpha value is -2.70. The molecule has 3 aromatic rings. The van der Waals surface area contributed by atoms with E-state index in [0.29, 0.717) is 31.0 Å². The summed E-state index contributed by atoms with van der Waals surface area (Å²) >= 11 is 8.17. The normalized spacial score (nSPS) is 14.6. The summed E-state index contributed by atoms with van der Waals surface area (Å²) in [5.74, 6) is -0.233. The first kappa shape index (κ1) is 25.4. The summed E-state index contributed by atoms with van der Waals surface area (Å²) in [5, 5.41) is 0.609. The Bertz CT molecular complexity index is 1180. The molecule has 4 nitrogen and oxygen atoms in total. The van der Waals surface area contributed by atoms with Gasteiger partial charge in [0.15, 0.2) is 17.0 Å². The van der Waals surface area contributed by atoms with Gasteiger partial charge in [0.1, 0.15) is 5.60 Å². The van der Waals surface area contributed by atoms with Gasteiger partial charge in [0.25, 0.3) is 0 Å². The van der Waals surface area contributed by atoms with E-state index < -0.39 is 16.9 Å². The summed E-state index contributed by atoms with van der Waals surface area (Å²) < 4.78 is 26.2. The van der Waals surface area contributed by atoms with E-state index in [1.165, 1.54) is 17.8 Å². The molecule has 184 valence electrons. The lowest BCUT2D eigenvalue weighted by molar-refractivity contribution is 0.0258. The molecule has 1 heterocycles. The first-order valence-electron chi connectivity index (χ1n) is 11.6. The van der Waals surface area contributed by atoms with Crippen LogP contribution in [0.4, 0.5) is 9.18 Å². The third-order valence-corrected chi connectivity index (χ3v) is 7.32. The summed E-state index contributed by atoms with van der Waals surface area (Å²) in [6.07, 6.45) is 1.03. The SMILES string of the molecule is CC(C)(C)OC(=O)N1CCc2ccc(Cl)c(SC(Oc3ccccc3F)c3ccccc3)c2CC1. The van der Waals surface area contributed by atoms with Gasteiger partial charge in [-0.25, -0.2) is 9.18 Å². The number of carbonyl (C=O) groups is 1. The van der Waals surface area contributed by atoms with Crippen molar-refractivity contribution in [3.05, 3.63) is 94.3 Å². The topological polar surface area (TPSA) is 38.8 Å². The number of fused-ring (bicyclic) bond motifs is 1. The second-order valence-electron chi connectivity index (χ2n) is 9.39. The van der Waals surface area contributed by atoms with E-state index in [0.717, 1.165) is 21.6 Å². The summed E-state index contributed by atoms with van der Waals surface area (Å²) in [7, 11) is 0. The first-order valence-corrected chi connectivity index (χ1v) is 12.9. The molecule has 1 aliphatic rings. The smallest absolute Gasteiger partial charge is 0.410 e. The summed E-state index contributed by atoms with van der Waals surface area (Å²) in [4.78, 5) is 15.3. The van der Waals surface area contributed by atoms with Crippen LogP contribution in [0.25, 0.3) is 0 Å². The van der Waals surface area contributed by atoms with Gasteiger partial charge in [0, 0.05) is 23.5 Å². The number of amides is 1. The summed E-state index contributed by atoms with van der Waals surface area (Å²) in [6, 6.07) is 20.0. The van der Waals surface area contributed by atoms with Crippen molar-refractivity contribution in [1.29, 1.82) is 0 Å². The maximum Gasteiger partial charge on any atom is 0.410 e. The van der Waals surface area contributed by atoms with E-state index >= 15 is 0 Å². The molecular formula is C28H29ClFNO3S. The molecule has 35 heavy (non-hydrogen) atoms. The highest BCUT2D eigenvalue weighted by molar-refractivity contribution is 7.99. The van der Waals surface area contributed by atoms with Crippen LogP contribution in [0.3, 0.4) is 0 Å². The van der Waals surface area contributed by atoms with Crippen LogP contribution in [0.5, 0.6) is 5.75 Å². The second kappa shape index (κ2) is 10.9. The highest BCUT2D eigenvalue weighted by atomic mass is 35.5. The lowest BCUT2D eigenvalue weighted by Crippen LogP contribution is -2.38. The number of hydrogen-bond acceptors (Lipinski definition) is 4. The van der Waals surface area contributed by atoms with Crippen molar-refractivity contribution in [2.24, 2.45) is 0 Å². The number of halogens is 2. The molecule has 0 spiro atoms. The second-order valence-corrected chi connectivity index (χ2v) is 10.9. The van der Waals surface area contributed by atoms with E-state index in [1.807, 2.05) is 63.2 Å². The highest BCUT2D eigenvalue weighted by Crippen LogP contribution is 2.44. The zero-order valence-corrected chi connectivity index (χ0v) is 21.7. The third kappa shape index (κ3) is 6.50. The molecule has 1 aliphatic heterocycles. The van der Waals surface area contributed by atoms with Gasteiger partial charge in [-0.2, -0.15) is 0 Å². The number of nitrogens with zero attached hydrogens (tertiary/aromatic N) is 1. The van der Waals surface area contributed by atoms with Gasteiger partial charge in [0.05, 0.1) is 5.02 Å². The van der Waals surface area contributed by atoms with Crippen molar-refractivity contribution >= 4 is 29.5 Å². The largest absolute Gasteiger partial charge is 0.472 e. The fourth-order valence-electron chi connectivity index (χ4n) is 3.93. The molecule has 0 N–H and O–H groups in total. The highest BCUT2D eigenvalue weighted by Gasteiger charge is 2.27. The standard InChI is InChI=1S/C28H29ClFNO3S/c1-28(2,3)34-27(32)31-17-15-19-13-14-22(29)25(21(19)16-18-31)35-26(20-9-5-4-6-10-20)33-24-12-8-7-11-23(24)30/h4-14,26H,15-18H2,1-3H3. The van der Waals surface area contributed by atoms with Crippen molar-refractivity contribution in [1.82, 2.24) is 4.90 Å². The van der Waals surface area contributed by atoms with Crippen LogP contribution in [0.15, 0.2) is 71.6 Å². The minimum atomic E-state index is -0.548.